The van der Waals surface area contributed by atoms with Gasteiger partial charge < -0.3 is 19.1 Å². The van der Waals surface area contributed by atoms with Gasteiger partial charge in [0.2, 0.25) is 0 Å². The smallest absolute Gasteiger partial charge is 0.325 e. The molecule has 0 atom stereocenters. The van der Waals surface area contributed by atoms with Crippen LogP contribution >= 0.6 is 11.6 Å². The Morgan fingerprint density at radius 3 is 2.76 bits per heavy atom. The number of rotatable bonds is 6. The maximum atomic E-state index is 11.5. The Bertz CT molecular complexity index is 651. The van der Waals surface area contributed by atoms with Crippen LogP contribution in [0.5, 0.6) is 5.75 Å². The molecule has 6 heteroatoms. The number of aromatic nitrogens is 1. The van der Waals surface area contributed by atoms with E-state index in [1.807, 2.05) is 12.3 Å². The number of hydrogen-bond donors (Lipinski definition) is 1. The second kappa shape index (κ2) is 6.83. The predicted octanol–water partition coefficient (Wildman–Crippen LogP) is 2.40. The van der Waals surface area contributed by atoms with Gasteiger partial charge in [0.05, 0.1) is 24.8 Å². The highest BCUT2D eigenvalue weighted by Gasteiger charge is 2.14. The Labute approximate surface area is 128 Å². The molecule has 0 saturated carbocycles. The molecule has 0 fully saturated rings. The lowest BCUT2D eigenvalue weighted by atomic mass is 10.1. The Hall–Kier alpha value is -1.72. The summed E-state index contributed by atoms with van der Waals surface area (Å²) >= 11 is 6.16. The fourth-order valence-corrected chi connectivity index (χ4v) is 2.56. The van der Waals surface area contributed by atoms with Gasteiger partial charge >= 0.3 is 5.97 Å². The van der Waals surface area contributed by atoms with Crippen LogP contribution in [0.4, 0.5) is 0 Å². The molecule has 0 radical (unpaired) electrons. The second-order valence-corrected chi connectivity index (χ2v) is 5.10. The van der Waals surface area contributed by atoms with Crippen molar-refractivity contribution in [2.75, 3.05) is 20.8 Å². The molecule has 0 aliphatic heterocycles. The van der Waals surface area contributed by atoms with Gasteiger partial charge in [-0.2, -0.15) is 0 Å². The van der Waals surface area contributed by atoms with Crippen LogP contribution in [0.2, 0.25) is 5.02 Å². The van der Waals surface area contributed by atoms with E-state index in [0.29, 0.717) is 23.6 Å². The molecule has 5 nitrogen and oxygen atoms in total. The lowest BCUT2D eigenvalue weighted by molar-refractivity contribution is -0.141. The molecular weight excluding hydrogens is 294 g/mol. The minimum absolute atomic E-state index is 0.119. The van der Waals surface area contributed by atoms with Crippen LogP contribution in [0.1, 0.15) is 12.0 Å². The van der Waals surface area contributed by atoms with E-state index in [-0.39, 0.29) is 19.1 Å². The van der Waals surface area contributed by atoms with E-state index in [1.54, 1.807) is 17.7 Å². The summed E-state index contributed by atoms with van der Waals surface area (Å²) < 4.78 is 11.8. The zero-order valence-corrected chi connectivity index (χ0v) is 12.8. The van der Waals surface area contributed by atoms with Gasteiger partial charge in [-0.25, -0.2) is 0 Å². The Morgan fingerprint density at radius 2 is 2.14 bits per heavy atom. The number of methoxy groups -OCH3 is 2. The second-order valence-electron chi connectivity index (χ2n) is 4.69. The van der Waals surface area contributed by atoms with Gasteiger partial charge in [-0.3, -0.25) is 4.79 Å². The fraction of sp³-hybridized carbons (Fsp3) is 0.400. The van der Waals surface area contributed by atoms with Crippen LogP contribution < -0.4 is 4.74 Å². The summed E-state index contributed by atoms with van der Waals surface area (Å²) in [6, 6.07) is 3.64. The third kappa shape index (κ3) is 3.31. The third-order valence-electron chi connectivity index (χ3n) is 3.37. The zero-order valence-electron chi connectivity index (χ0n) is 12.1. The number of nitrogens with zero attached hydrogens (tertiary/aromatic N) is 1. The summed E-state index contributed by atoms with van der Waals surface area (Å²) in [6.07, 6.45) is 3.27. The van der Waals surface area contributed by atoms with E-state index >= 15 is 0 Å². The Balaban J connectivity index is 2.52. The number of fused-ring (bicyclic) bond motifs is 1. The van der Waals surface area contributed by atoms with Crippen molar-refractivity contribution in [3.63, 3.8) is 0 Å². The van der Waals surface area contributed by atoms with E-state index in [2.05, 4.69) is 0 Å². The highest BCUT2D eigenvalue weighted by Crippen LogP contribution is 2.33. The summed E-state index contributed by atoms with van der Waals surface area (Å²) in [4.78, 5) is 11.5. The van der Waals surface area contributed by atoms with Crippen molar-refractivity contribution in [2.24, 2.45) is 0 Å². The Morgan fingerprint density at radius 1 is 1.38 bits per heavy atom. The maximum absolute atomic E-state index is 11.5. The monoisotopic (exact) mass is 311 g/mol. The van der Waals surface area contributed by atoms with E-state index in [0.717, 1.165) is 16.5 Å². The number of benzene rings is 1. The van der Waals surface area contributed by atoms with Crippen molar-refractivity contribution in [2.45, 2.75) is 19.4 Å². The predicted molar refractivity (Wildman–Crippen MR) is 80.9 cm³/mol. The summed E-state index contributed by atoms with van der Waals surface area (Å²) in [6.45, 7) is 0.239. The van der Waals surface area contributed by atoms with Crippen LogP contribution in [0, 0.1) is 0 Å². The lowest BCUT2D eigenvalue weighted by Crippen LogP contribution is -2.10. The number of aliphatic hydroxyl groups is 1. The number of halogens is 1. The lowest BCUT2D eigenvalue weighted by Gasteiger charge is -2.06. The van der Waals surface area contributed by atoms with E-state index < -0.39 is 0 Å². The highest BCUT2D eigenvalue weighted by atomic mass is 35.5. The molecule has 0 aliphatic rings. The first-order valence-electron chi connectivity index (χ1n) is 6.63. The van der Waals surface area contributed by atoms with Gasteiger partial charge in [-0.1, -0.05) is 11.6 Å². The molecule has 0 saturated heterocycles. The third-order valence-corrected chi connectivity index (χ3v) is 3.66. The van der Waals surface area contributed by atoms with E-state index in [4.69, 9.17) is 26.2 Å². The zero-order chi connectivity index (χ0) is 15.4. The minimum atomic E-state index is -0.326. The number of hydrogen-bond acceptors (Lipinski definition) is 4. The van der Waals surface area contributed by atoms with Gasteiger partial charge in [0, 0.05) is 18.2 Å². The SMILES string of the molecule is COC(=O)Cn1cc(CCCO)c2cc(OC)c(Cl)cc21. The first-order chi connectivity index (χ1) is 10.1. The Kier molecular flexibility index (Phi) is 5.09. The van der Waals surface area contributed by atoms with Crippen molar-refractivity contribution < 1.29 is 19.4 Å². The summed E-state index contributed by atoms with van der Waals surface area (Å²) in [7, 11) is 2.92. The summed E-state index contributed by atoms with van der Waals surface area (Å²) in [5, 5.41) is 10.5. The van der Waals surface area contributed by atoms with Crippen molar-refractivity contribution in [3.05, 3.63) is 28.9 Å². The highest BCUT2D eigenvalue weighted by molar-refractivity contribution is 6.32. The number of ether oxygens (including phenoxy) is 2. The molecule has 0 bridgehead atoms. The minimum Gasteiger partial charge on any atom is -0.495 e. The standard InChI is InChI=1S/C15H18ClNO4/c1-20-14-6-11-10(4-3-5-18)8-17(9-15(19)21-2)13(11)7-12(14)16/h6-8,18H,3-5,9H2,1-2H3. The molecule has 0 unspecified atom stereocenters. The molecule has 1 N–H and O–H groups in total. The van der Waals surface area contributed by atoms with E-state index in [1.165, 1.54) is 7.11 Å². The average Bonchev–Trinajstić information content (AvgIpc) is 2.81. The number of aryl methyl sites for hydroxylation is 1. The molecule has 0 aliphatic carbocycles. The molecular formula is C15H18ClNO4. The number of carbonyl (C=O) groups is 1. The first kappa shape index (κ1) is 15.7. The molecule has 1 aromatic heterocycles. The van der Waals surface area contributed by atoms with Gasteiger partial charge in [-0.15, -0.1) is 0 Å². The van der Waals surface area contributed by atoms with Crippen LogP contribution in [0.15, 0.2) is 18.3 Å². The van der Waals surface area contributed by atoms with Gasteiger partial charge in [0.1, 0.15) is 12.3 Å². The van der Waals surface area contributed by atoms with Crippen molar-refractivity contribution >= 4 is 28.5 Å². The quantitative estimate of drug-likeness (QED) is 0.832. The molecule has 0 amide bonds. The topological polar surface area (TPSA) is 60.7 Å². The molecule has 0 spiro atoms. The fourth-order valence-electron chi connectivity index (χ4n) is 2.32. The van der Waals surface area contributed by atoms with Gasteiger partial charge in [0.15, 0.2) is 0 Å². The van der Waals surface area contributed by atoms with Crippen LogP contribution in [-0.2, 0) is 22.5 Å². The number of esters is 1. The summed E-state index contributed by atoms with van der Waals surface area (Å²) in [5.41, 5.74) is 1.89. The van der Waals surface area contributed by atoms with Crippen molar-refractivity contribution in [1.29, 1.82) is 0 Å². The molecule has 114 valence electrons. The molecule has 1 heterocycles. The van der Waals surface area contributed by atoms with Crippen LogP contribution in [0.3, 0.4) is 0 Å². The molecule has 2 aromatic rings. The average molecular weight is 312 g/mol. The van der Waals surface area contributed by atoms with Crippen LogP contribution in [-0.4, -0.2) is 36.5 Å². The van der Waals surface area contributed by atoms with Crippen LogP contribution in [0.25, 0.3) is 10.9 Å². The molecule has 1 aromatic carbocycles. The summed E-state index contributed by atoms with van der Waals surface area (Å²) in [5.74, 6) is 0.262. The van der Waals surface area contributed by atoms with Crippen molar-refractivity contribution in [1.82, 2.24) is 4.57 Å². The molecule has 2 rings (SSSR count). The number of aliphatic hydroxyl groups excluding tert-OH is 1. The van der Waals surface area contributed by atoms with Gasteiger partial charge in [-0.05, 0) is 30.5 Å². The number of carbonyl (C=O) groups excluding carboxylic acids is 1. The first-order valence-corrected chi connectivity index (χ1v) is 7.01. The normalized spacial score (nSPS) is 10.9. The maximum Gasteiger partial charge on any atom is 0.325 e. The molecule has 21 heavy (non-hydrogen) atoms. The van der Waals surface area contributed by atoms with Crippen molar-refractivity contribution in [3.8, 4) is 5.75 Å². The largest absolute Gasteiger partial charge is 0.495 e. The van der Waals surface area contributed by atoms with E-state index in [9.17, 15) is 4.79 Å². The van der Waals surface area contributed by atoms with Gasteiger partial charge in [0.25, 0.3) is 0 Å².